The molecule has 0 bridgehead atoms. The topological polar surface area (TPSA) is 43.1 Å². The number of nitrogens with two attached hydrogens (primary N) is 1. The summed E-state index contributed by atoms with van der Waals surface area (Å²) in [6, 6.07) is 5.29. The van der Waals surface area contributed by atoms with E-state index in [2.05, 4.69) is 27.8 Å². The van der Waals surface area contributed by atoms with Crippen LogP contribution in [-0.2, 0) is 0 Å². The van der Waals surface area contributed by atoms with Crippen molar-refractivity contribution in [2.75, 3.05) is 5.73 Å². The Morgan fingerprint density at radius 1 is 1.53 bits per heavy atom. The molecule has 0 aliphatic heterocycles. The molecule has 0 aliphatic carbocycles. The molecule has 0 saturated carbocycles. The summed E-state index contributed by atoms with van der Waals surface area (Å²) in [7, 11) is 0. The Balaban J connectivity index is 2.80. The van der Waals surface area contributed by atoms with Gasteiger partial charge in [0.1, 0.15) is 0 Å². The fourth-order valence-electron chi connectivity index (χ4n) is 1.21. The van der Waals surface area contributed by atoms with Crippen molar-refractivity contribution >= 4 is 27.4 Å². The summed E-state index contributed by atoms with van der Waals surface area (Å²) in [6.07, 6.45) is 1.00. The van der Waals surface area contributed by atoms with Gasteiger partial charge in [-0.15, -0.1) is 11.8 Å². The van der Waals surface area contributed by atoms with Crippen molar-refractivity contribution in [3.05, 3.63) is 28.2 Å². The zero-order valence-electron chi connectivity index (χ0n) is 8.51. The van der Waals surface area contributed by atoms with Crippen molar-refractivity contribution < 1.29 is 4.79 Å². The third-order valence-electron chi connectivity index (χ3n) is 1.97. The molecule has 15 heavy (non-hydrogen) atoms. The van der Waals surface area contributed by atoms with Gasteiger partial charge in [0, 0.05) is 28.6 Å². The number of halogens is 1. The number of anilines is 1. The lowest BCUT2D eigenvalue weighted by molar-refractivity contribution is 0.0985. The van der Waals surface area contributed by atoms with E-state index in [1.807, 2.05) is 6.07 Å². The van der Waals surface area contributed by atoms with Crippen LogP contribution in [0.25, 0.3) is 0 Å². The van der Waals surface area contributed by atoms with Crippen molar-refractivity contribution in [2.24, 2.45) is 0 Å². The molecule has 2 nitrogen and oxygen atoms in total. The zero-order valence-corrected chi connectivity index (χ0v) is 10.1. The number of rotatable bonds is 3. The van der Waals surface area contributed by atoms with Crippen LogP contribution in [-0.4, -0.2) is 5.78 Å². The van der Waals surface area contributed by atoms with Crippen molar-refractivity contribution in [3.63, 3.8) is 0 Å². The van der Waals surface area contributed by atoms with E-state index in [1.165, 1.54) is 0 Å². The Labute approximate surface area is 98.0 Å². The molecule has 0 aliphatic rings. The SMILES string of the molecule is CC#CCCC(=O)c1cc(Br)ccc1N. The van der Waals surface area contributed by atoms with Crippen molar-refractivity contribution in [3.8, 4) is 11.8 Å². The average Bonchev–Trinajstić information content (AvgIpc) is 2.22. The van der Waals surface area contributed by atoms with Crippen molar-refractivity contribution in [1.82, 2.24) is 0 Å². The Kier molecular flexibility index (Phi) is 4.38. The first-order chi connectivity index (χ1) is 7.15. The van der Waals surface area contributed by atoms with Crippen LogP contribution in [0, 0.1) is 11.8 Å². The van der Waals surface area contributed by atoms with Crippen LogP contribution in [0.5, 0.6) is 0 Å². The largest absolute Gasteiger partial charge is 0.398 e. The van der Waals surface area contributed by atoms with Gasteiger partial charge in [-0.2, -0.15) is 0 Å². The predicted molar refractivity (Wildman–Crippen MR) is 65.6 cm³/mol. The first-order valence-electron chi connectivity index (χ1n) is 4.63. The van der Waals surface area contributed by atoms with Crippen LogP contribution in [0.15, 0.2) is 22.7 Å². The highest BCUT2D eigenvalue weighted by Gasteiger charge is 2.09. The lowest BCUT2D eigenvalue weighted by Crippen LogP contribution is -2.03. The molecular formula is C12H12BrNO. The molecule has 0 saturated heterocycles. The molecule has 1 rings (SSSR count). The van der Waals surface area contributed by atoms with Crippen LogP contribution in [0.1, 0.15) is 30.1 Å². The Morgan fingerprint density at radius 2 is 2.27 bits per heavy atom. The van der Waals surface area contributed by atoms with Gasteiger partial charge in [-0.1, -0.05) is 15.9 Å². The summed E-state index contributed by atoms with van der Waals surface area (Å²) < 4.78 is 0.863. The number of hydrogen-bond donors (Lipinski definition) is 1. The normalized spacial score (nSPS) is 9.20. The van der Waals surface area contributed by atoms with E-state index < -0.39 is 0 Å². The highest BCUT2D eigenvalue weighted by atomic mass is 79.9. The molecule has 1 aromatic rings. The molecular weight excluding hydrogens is 254 g/mol. The third kappa shape index (κ3) is 3.41. The lowest BCUT2D eigenvalue weighted by Gasteiger charge is -2.03. The molecule has 2 N–H and O–H groups in total. The van der Waals surface area contributed by atoms with Gasteiger partial charge in [0.15, 0.2) is 5.78 Å². The predicted octanol–water partition coefficient (Wildman–Crippen LogP) is 3.02. The van der Waals surface area contributed by atoms with Crippen molar-refractivity contribution in [2.45, 2.75) is 19.8 Å². The van der Waals surface area contributed by atoms with Crippen LogP contribution < -0.4 is 5.73 Å². The zero-order chi connectivity index (χ0) is 11.3. The number of nitrogen functional groups attached to an aromatic ring is 1. The van der Waals surface area contributed by atoms with Gasteiger partial charge in [0.05, 0.1) is 0 Å². The van der Waals surface area contributed by atoms with E-state index in [9.17, 15) is 4.79 Å². The quantitative estimate of drug-likeness (QED) is 0.519. The van der Waals surface area contributed by atoms with E-state index in [1.54, 1.807) is 19.1 Å². The van der Waals surface area contributed by atoms with Gasteiger partial charge in [-0.3, -0.25) is 4.79 Å². The van der Waals surface area contributed by atoms with Gasteiger partial charge in [0.25, 0.3) is 0 Å². The summed E-state index contributed by atoms with van der Waals surface area (Å²) >= 11 is 3.31. The number of Topliss-reactive ketones (excluding diaryl/α,β-unsaturated/α-hetero) is 1. The molecule has 0 spiro atoms. The van der Waals surface area contributed by atoms with E-state index >= 15 is 0 Å². The monoisotopic (exact) mass is 265 g/mol. The van der Waals surface area contributed by atoms with Gasteiger partial charge in [-0.05, 0) is 25.1 Å². The minimum atomic E-state index is 0.0385. The van der Waals surface area contributed by atoms with Crippen LogP contribution >= 0.6 is 15.9 Å². The first kappa shape index (κ1) is 11.8. The highest BCUT2D eigenvalue weighted by Crippen LogP contribution is 2.20. The summed E-state index contributed by atoms with van der Waals surface area (Å²) in [5.41, 5.74) is 6.81. The number of carbonyl (C=O) groups excluding carboxylic acids is 1. The molecule has 78 valence electrons. The fraction of sp³-hybridized carbons (Fsp3) is 0.250. The van der Waals surface area contributed by atoms with Crippen LogP contribution in [0.3, 0.4) is 0 Å². The maximum Gasteiger partial charge on any atom is 0.165 e. The van der Waals surface area contributed by atoms with E-state index in [0.29, 0.717) is 24.1 Å². The van der Waals surface area contributed by atoms with Gasteiger partial charge in [-0.25, -0.2) is 0 Å². The third-order valence-corrected chi connectivity index (χ3v) is 2.46. The minimum absolute atomic E-state index is 0.0385. The number of carbonyl (C=O) groups is 1. The van der Waals surface area contributed by atoms with E-state index in [4.69, 9.17) is 5.73 Å². The number of ketones is 1. The van der Waals surface area contributed by atoms with E-state index in [0.717, 1.165) is 4.47 Å². The van der Waals surface area contributed by atoms with Crippen LogP contribution in [0.2, 0.25) is 0 Å². The summed E-state index contributed by atoms with van der Waals surface area (Å²) in [6.45, 7) is 1.76. The Morgan fingerprint density at radius 3 is 2.93 bits per heavy atom. The summed E-state index contributed by atoms with van der Waals surface area (Å²) in [5, 5.41) is 0. The second kappa shape index (κ2) is 5.57. The van der Waals surface area contributed by atoms with Crippen molar-refractivity contribution in [1.29, 1.82) is 0 Å². The standard InChI is InChI=1S/C12H12BrNO/c1-2-3-4-5-12(15)10-8-9(13)6-7-11(10)14/h6-8H,4-5,14H2,1H3. The lowest BCUT2D eigenvalue weighted by atomic mass is 10.1. The second-order valence-corrected chi connectivity index (χ2v) is 4.00. The van der Waals surface area contributed by atoms with Gasteiger partial charge >= 0.3 is 0 Å². The number of hydrogen-bond acceptors (Lipinski definition) is 2. The van der Waals surface area contributed by atoms with Gasteiger partial charge < -0.3 is 5.73 Å². The molecule has 0 fully saturated rings. The maximum atomic E-state index is 11.7. The highest BCUT2D eigenvalue weighted by molar-refractivity contribution is 9.10. The Bertz CT molecular complexity index is 429. The van der Waals surface area contributed by atoms with Gasteiger partial charge in [0.2, 0.25) is 0 Å². The molecule has 0 radical (unpaired) electrons. The smallest absolute Gasteiger partial charge is 0.165 e. The first-order valence-corrected chi connectivity index (χ1v) is 5.42. The van der Waals surface area contributed by atoms with Crippen LogP contribution in [0.4, 0.5) is 5.69 Å². The maximum absolute atomic E-state index is 11.7. The summed E-state index contributed by atoms with van der Waals surface area (Å²) in [4.78, 5) is 11.7. The molecule has 1 aromatic carbocycles. The van der Waals surface area contributed by atoms with E-state index in [-0.39, 0.29) is 5.78 Å². The molecule has 0 aromatic heterocycles. The number of benzene rings is 1. The molecule has 0 amide bonds. The summed E-state index contributed by atoms with van der Waals surface area (Å²) in [5.74, 6) is 5.66. The molecule has 0 atom stereocenters. The second-order valence-electron chi connectivity index (χ2n) is 3.08. The fourth-order valence-corrected chi connectivity index (χ4v) is 1.57. The average molecular weight is 266 g/mol. The molecule has 0 heterocycles. The molecule has 3 heteroatoms. The minimum Gasteiger partial charge on any atom is -0.398 e. The molecule has 0 unspecified atom stereocenters. The Hall–Kier alpha value is -1.27.